The quantitative estimate of drug-likeness (QED) is 0.823. The number of carbonyl (C=O) groups is 1. The highest BCUT2D eigenvalue weighted by atomic mass is 35.5. The third kappa shape index (κ3) is 2.97. The summed E-state index contributed by atoms with van der Waals surface area (Å²) in [4.78, 5) is 11.4. The van der Waals surface area contributed by atoms with Crippen LogP contribution in [0.3, 0.4) is 0 Å². The summed E-state index contributed by atoms with van der Waals surface area (Å²) in [5, 5.41) is 0.0550. The van der Waals surface area contributed by atoms with Crippen LogP contribution >= 0.6 is 11.6 Å². The molecule has 0 saturated heterocycles. The van der Waals surface area contributed by atoms with Crippen molar-refractivity contribution >= 4 is 17.4 Å². The van der Waals surface area contributed by atoms with Crippen LogP contribution in [-0.4, -0.2) is 12.4 Å². The molecule has 0 spiro atoms. The minimum absolute atomic E-state index is 0.0550. The van der Waals surface area contributed by atoms with Gasteiger partial charge >= 0.3 is 0 Å². The van der Waals surface area contributed by atoms with Gasteiger partial charge in [0.2, 0.25) is 0 Å². The smallest absolute Gasteiger partial charge is 0.183 e. The van der Waals surface area contributed by atoms with Gasteiger partial charge in [0.25, 0.3) is 0 Å². The van der Waals surface area contributed by atoms with E-state index in [-0.39, 0.29) is 16.7 Å². The molecule has 1 aliphatic rings. The Morgan fingerprint density at radius 1 is 1.47 bits per heavy atom. The molecule has 1 unspecified atom stereocenters. The molecule has 17 heavy (non-hydrogen) atoms. The van der Waals surface area contributed by atoms with Crippen molar-refractivity contribution < 1.29 is 13.9 Å². The number of rotatable bonds is 4. The summed E-state index contributed by atoms with van der Waals surface area (Å²) in [6.07, 6.45) is 3.23. The molecule has 0 aliphatic heterocycles. The first kappa shape index (κ1) is 12.4. The van der Waals surface area contributed by atoms with Crippen molar-refractivity contribution in [3.05, 3.63) is 29.0 Å². The van der Waals surface area contributed by atoms with Gasteiger partial charge in [-0.3, -0.25) is 4.79 Å². The van der Waals surface area contributed by atoms with Crippen molar-refractivity contribution in [2.24, 2.45) is 5.92 Å². The summed E-state index contributed by atoms with van der Waals surface area (Å²) in [6, 6.07) is 4.66. The predicted molar refractivity (Wildman–Crippen MR) is 63.9 cm³/mol. The molecule has 2 nitrogen and oxygen atoms in total. The number of halogens is 2. The summed E-state index contributed by atoms with van der Waals surface area (Å²) in [6.45, 7) is 0.355. The maximum absolute atomic E-state index is 13.5. The maximum atomic E-state index is 13.5. The van der Waals surface area contributed by atoms with Crippen LogP contribution in [0.2, 0.25) is 5.02 Å². The second kappa shape index (κ2) is 5.50. The molecule has 0 heterocycles. The van der Waals surface area contributed by atoms with Gasteiger partial charge in [-0.15, -0.1) is 0 Å². The van der Waals surface area contributed by atoms with Crippen LogP contribution < -0.4 is 4.74 Å². The zero-order valence-corrected chi connectivity index (χ0v) is 10.2. The Kier molecular flexibility index (Phi) is 4.00. The number of carbonyl (C=O) groups excluding carboxylic acids is 1. The number of hydrogen-bond acceptors (Lipinski definition) is 2. The number of hydrogen-bond donors (Lipinski definition) is 0. The Labute approximate surface area is 105 Å². The van der Waals surface area contributed by atoms with E-state index in [0.717, 1.165) is 12.8 Å². The fraction of sp³-hybridized carbons (Fsp3) is 0.462. The zero-order chi connectivity index (χ0) is 12.3. The molecule has 1 aromatic carbocycles. The van der Waals surface area contributed by atoms with Gasteiger partial charge in [0.05, 0.1) is 11.6 Å². The lowest BCUT2D eigenvalue weighted by atomic mass is 10.0. The van der Waals surface area contributed by atoms with Gasteiger partial charge in [0.1, 0.15) is 5.78 Å². The summed E-state index contributed by atoms with van der Waals surface area (Å²) < 4.78 is 18.8. The molecule has 2 rings (SSSR count). The van der Waals surface area contributed by atoms with Crippen LogP contribution in [0.4, 0.5) is 4.39 Å². The molecule has 0 aromatic heterocycles. The van der Waals surface area contributed by atoms with Gasteiger partial charge in [-0.2, -0.15) is 0 Å². The minimum atomic E-state index is -0.535. The van der Waals surface area contributed by atoms with Gasteiger partial charge < -0.3 is 4.74 Å². The highest BCUT2D eigenvalue weighted by molar-refractivity contribution is 6.30. The van der Waals surface area contributed by atoms with Crippen molar-refractivity contribution in [3.63, 3.8) is 0 Å². The average Bonchev–Trinajstić information content (AvgIpc) is 2.71. The van der Waals surface area contributed by atoms with Crippen molar-refractivity contribution in [1.29, 1.82) is 0 Å². The van der Waals surface area contributed by atoms with Crippen LogP contribution in [-0.2, 0) is 4.79 Å². The van der Waals surface area contributed by atoms with Crippen molar-refractivity contribution in [1.82, 2.24) is 0 Å². The van der Waals surface area contributed by atoms with E-state index in [1.54, 1.807) is 6.07 Å². The largest absolute Gasteiger partial charge is 0.490 e. The van der Waals surface area contributed by atoms with Gasteiger partial charge in [0.15, 0.2) is 11.6 Å². The number of ether oxygens (including phenoxy) is 1. The van der Waals surface area contributed by atoms with E-state index in [4.69, 9.17) is 16.3 Å². The van der Waals surface area contributed by atoms with Gasteiger partial charge in [0, 0.05) is 12.3 Å². The molecule has 0 bridgehead atoms. The highest BCUT2D eigenvalue weighted by Gasteiger charge is 2.24. The van der Waals surface area contributed by atoms with Gasteiger partial charge in [-0.25, -0.2) is 4.39 Å². The third-order valence-corrected chi connectivity index (χ3v) is 3.36. The third-order valence-electron chi connectivity index (χ3n) is 3.07. The lowest BCUT2D eigenvalue weighted by Crippen LogP contribution is -2.11. The van der Waals surface area contributed by atoms with Gasteiger partial charge in [-0.05, 0) is 31.4 Å². The number of Topliss-reactive ketones (excluding diaryl/α,β-unsaturated/α-hetero) is 1. The van der Waals surface area contributed by atoms with Crippen molar-refractivity contribution in [2.75, 3.05) is 6.61 Å². The van der Waals surface area contributed by atoms with E-state index >= 15 is 0 Å². The Morgan fingerprint density at radius 3 is 3.00 bits per heavy atom. The standard InChI is InChI=1S/C13H14ClFO2/c14-10-4-2-6-12(13(10)15)17-8-7-9-3-1-5-11(9)16/h2,4,6,9H,1,3,5,7-8H2. The fourth-order valence-electron chi connectivity index (χ4n) is 2.10. The molecule has 1 saturated carbocycles. The lowest BCUT2D eigenvalue weighted by Gasteiger charge is -2.10. The molecular formula is C13H14ClFO2. The minimum Gasteiger partial charge on any atom is -0.490 e. The number of ketones is 1. The Hall–Kier alpha value is -1.09. The first-order valence-corrected chi connectivity index (χ1v) is 6.16. The van der Waals surface area contributed by atoms with E-state index in [9.17, 15) is 9.18 Å². The van der Waals surface area contributed by atoms with Crippen molar-refractivity contribution in [3.8, 4) is 5.75 Å². The molecule has 1 aromatic rings. The first-order valence-electron chi connectivity index (χ1n) is 5.78. The summed E-state index contributed by atoms with van der Waals surface area (Å²) in [5.74, 6) is 0.0206. The van der Waals surface area contributed by atoms with Crippen LogP contribution in [0.5, 0.6) is 5.75 Å². The topological polar surface area (TPSA) is 26.3 Å². The SMILES string of the molecule is O=C1CCCC1CCOc1cccc(Cl)c1F. The molecule has 0 radical (unpaired) electrons. The van der Waals surface area contributed by atoms with Crippen LogP contribution in [0.15, 0.2) is 18.2 Å². The summed E-state index contributed by atoms with van der Waals surface area (Å²) >= 11 is 5.63. The van der Waals surface area contributed by atoms with Gasteiger partial charge in [-0.1, -0.05) is 17.7 Å². The Balaban J connectivity index is 1.86. The Bertz CT molecular complexity index is 420. The number of benzene rings is 1. The molecule has 1 aliphatic carbocycles. The highest BCUT2D eigenvalue weighted by Crippen LogP contribution is 2.26. The van der Waals surface area contributed by atoms with E-state index in [1.165, 1.54) is 12.1 Å². The fourth-order valence-corrected chi connectivity index (χ4v) is 2.27. The lowest BCUT2D eigenvalue weighted by molar-refractivity contribution is -0.121. The van der Waals surface area contributed by atoms with Crippen LogP contribution in [0, 0.1) is 11.7 Å². The van der Waals surface area contributed by atoms with Crippen LogP contribution in [0.1, 0.15) is 25.7 Å². The van der Waals surface area contributed by atoms with E-state index in [1.807, 2.05) is 0 Å². The second-order valence-electron chi connectivity index (χ2n) is 4.24. The summed E-state index contributed by atoms with van der Waals surface area (Å²) in [5.41, 5.74) is 0. The van der Waals surface area contributed by atoms with E-state index in [2.05, 4.69) is 0 Å². The Morgan fingerprint density at radius 2 is 2.29 bits per heavy atom. The molecule has 0 N–H and O–H groups in total. The normalized spacial score (nSPS) is 19.6. The monoisotopic (exact) mass is 256 g/mol. The van der Waals surface area contributed by atoms with Crippen LogP contribution in [0.25, 0.3) is 0 Å². The zero-order valence-electron chi connectivity index (χ0n) is 9.42. The second-order valence-corrected chi connectivity index (χ2v) is 4.65. The molecule has 4 heteroatoms. The molecule has 92 valence electrons. The summed E-state index contributed by atoms with van der Waals surface area (Å²) in [7, 11) is 0. The molecule has 1 atom stereocenters. The first-order chi connectivity index (χ1) is 8.18. The molecular weight excluding hydrogens is 243 g/mol. The molecule has 1 fully saturated rings. The van der Waals surface area contributed by atoms with E-state index in [0.29, 0.717) is 25.2 Å². The van der Waals surface area contributed by atoms with E-state index < -0.39 is 5.82 Å². The predicted octanol–water partition coefficient (Wildman–Crippen LogP) is 3.62. The molecule has 0 amide bonds. The van der Waals surface area contributed by atoms with Crippen molar-refractivity contribution in [2.45, 2.75) is 25.7 Å². The average molecular weight is 257 g/mol. The maximum Gasteiger partial charge on any atom is 0.183 e.